The van der Waals surface area contributed by atoms with Crippen LogP contribution in [0.25, 0.3) is 0 Å². The summed E-state index contributed by atoms with van der Waals surface area (Å²) in [6, 6.07) is 6.27. The third-order valence-corrected chi connectivity index (χ3v) is 4.12. The van der Waals surface area contributed by atoms with Crippen molar-refractivity contribution in [3.8, 4) is 0 Å². The van der Waals surface area contributed by atoms with Gasteiger partial charge in [0.05, 0.1) is 5.92 Å². The first kappa shape index (κ1) is 19.1. The summed E-state index contributed by atoms with van der Waals surface area (Å²) in [5.41, 5.74) is 0.694. The topological polar surface area (TPSA) is 38.7 Å². The molecule has 0 fully saturated rings. The van der Waals surface area contributed by atoms with Crippen molar-refractivity contribution in [2.24, 2.45) is 0 Å². The molecule has 1 aromatic rings. The van der Waals surface area contributed by atoms with Crippen LogP contribution in [0.3, 0.4) is 0 Å². The second kappa shape index (κ2) is 9.93. The van der Waals surface area contributed by atoms with Crippen LogP contribution in [0.5, 0.6) is 0 Å². The summed E-state index contributed by atoms with van der Waals surface area (Å²) in [4.78, 5) is 0. The number of rotatable bonds is 11. The fourth-order valence-electron chi connectivity index (χ4n) is 2.78. The molecule has 0 saturated carbocycles. The lowest BCUT2D eigenvalue weighted by Gasteiger charge is -2.33. The van der Waals surface area contributed by atoms with E-state index in [0.717, 1.165) is 12.8 Å². The Hall–Kier alpha value is -0.970. The van der Waals surface area contributed by atoms with Gasteiger partial charge in [0.2, 0.25) is 0 Å². The summed E-state index contributed by atoms with van der Waals surface area (Å²) in [7, 11) is 2.80. The van der Waals surface area contributed by atoms with Gasteiger partial charge in [0.15, 0.2) is 0 Å². The van der Waals surface area contributed by atoms with Crippen molar-refractivity contribution in [1.82, 2.24) is 0 Å². The molecular formula is C18H29FO3. The Labute approximate surface area is 133 Å². The van der Waals surface area contributed by atoms with E-state index in [4.69, 9.17) is 9.47 Å². The zero-order chi connectivity index (χ0) is 16.4. The maximum Gasteiger partial charge on any atom is 0.287 e. The molecule has 3 nitrogen and oxygen atoms in total. The van der Waals surface area contributed by atoms with E-state index in [9.17, 15) is 9.50 Å². The van der Waals surface area contributed by atoms with E-state index in [0.29, 0.717) is 12.0 Å². The van der Waals surface area contributed by atoms with Crippen LogP contribution in [0.4, 0.5) is 4.39 Å². The molecular weight excluding hydrogens is 283 g/mol. The van der Waals surface area contributed by atoms with Crippen LogP contribution in [0.1, 0.15) is 63.4 Å². The number of ether oxygens (including phenoxy) is 2. The summed E-state index contributed by atoms with van der Waals surface area (Å²) in [6.45, 7) is 2.19. The normalized spacial score (nSPS) is 13.3. The molecule has 0 aliphatic carbocycles. The van der Waals surface area contributed by atoms with Gasteiger partial charge in [0.25, 0.3) is 5.97 Å². The summed E-state index contributed by atoms with van der Waals surface area (Å²) in [5, 5.41) is 10.5. The van der Waals surface area contributed by atoms with Gasteiger partial charge in [-0.3, -0.25) is 0 Å². The van der Waals surface area contributed by atoms with E-state index in [1.54, 1.807) is 12.1 Å². The quantitative estimate of drug-likeness (QED) is 0.479. The van der Waals surface area contributed by atoms with Crippen molar-refractivity contribution in [1.29, 1.82) is 0 Å². The zero-order valence-corrected chi connectivity index (χ0v) is 14.0. The second-order valence-corrected chi connectivity index (χ2v) is 5.70. The van der Waals surface area contributed by atoms with E-state index in [1.165, 1.54) is 52.0 Å². The van der Waals surface area contributed by atoms with Crippen molar-refractivity contribution in [2.45, 2.75) is 63.8 Å². The molecule has 0 spiro atoms. The van der Waals surface area contributed by atoms with E-state index in [-0.39, 0.29) is 5.82 Å². The maximum atomic E-state index is 13.5. The Morgan fingerprint density at radius 1 is 1.09 bits per heavy atom. The van der Waals surface area contributed by atoms with Gasteiger partial charge < -0.3 is 14.6 Å². The van der Waals surface area contributed by atoms with Gasteiger partial charge in [0, 0.05) is 14.2 Å². The molecule has 1 N–H and O–H groups in total. The Bertz CT molecular complexity index is 419. The highest BCUT2D eigenvalue weighted by molar-refractivity contribution is 5.22. The third kappa shape index (κ3) is 5.67. The van der Waals surface area contributed by atoms with E-state index in [1.807, 2.05) is 0 Å². The minimum Gasteiger partial charge on any atom is -0.343 e. The minimum atomic E-state index is -1.72. The monoisotopic (exact) mass is 312 g/mol. The first-order chi connectivity index (χ1) is 10.6. The molecule has 0 heterocycles. The highest BCUT2D eigenvalue weighted by atomic mass is 19.1. The number of methoxy groups -OCH3 is 2. The van der Waals surface area contributed by atoms with Crippen LogP contribution >= 0.6 is 0 Å². The highest BCUT2D eigenvalue weighted by Gasteiger charge is 2.38. The number of unbranched alkanes of at least 4 members (excludes halogenated alkanes) is 5. The standard InChI is InChI=1S/C18H29FO3/c1-4-5-6-7-8-9-13-17(18(20,21-2)22-3)15-11-10-12-16(19)14-15/h10-12,14,17,20H,4-9,13H2,1-3H3. The third-order valence-electron chi connectivity index (χ3n) is 4.12. The molecule has 1 aromatic carbocycles. The molecule has 0 radical (unpaired) electrons. The first-order valence-electron chi connectivity index (χ1n) is 8.15. The Morgan fingerprint density at radius 3 is 2.32 bits per heavy atom. The molecule has 0 bridgehead atoms. The number of benzene rings is 1. The van der Waals surface area contributed by atoms with Gasteiger partial charge in [0.1, 0.15) is 5.82 Å². The molecule has 0 aliphatic heterocycles. The molecule has 1 atom stereocenters. The second-order valence-electron chi connectivity index (χ2n) is 5.70. The van der Waals surface area contributed by atoms with E-state index < -0.39 is 11.9 Å². The Kier molecular flexibility index (Phi) is 8.61. The van der Waals surface area contributed by atoms with Gasteiger partial charge in [-0.1, -0.05) is 57.6 Å². The van der Waals surface area contributed by atoms with Crippen molar-refractivity contribution < 1.29 is 19.0 Å². The summed E-state index contributed by atoms with van der Waals surface area (Å²) < 4.78 is 23.8. The molecule has 0 amide bonds. The molecule has 4 heteroatoms. The fourth-order valence-corrected chi connectivity index (χ4v) is 2.78. The first-order valence-corrected chi connectivity index (χ1v) is 8.15. The lowest BCUT2D eigenvalue weighted by molar-refractivity contribution is -0.353. The fraction of sp³-hybridized carbons (Fsp3) is 0.667. The molecule has 1 rings (SSSR count). The van der Waals surface area contributed by atoms with Gasteiger partial charge in [-0.15, -0.1) is 0 Å². The van der Waals surface area contributed by atoms with Crippen molar-refractivity contribution in [3.63, 3.8) is 0 Å². The average molecular weight is 312 g/mol. The van der Waals surface area contributed by atoms with Crippen LogP contribution in [-0.4, -0.2) is 25.3 Å². The summed E-state index contributed by atoms with van der Waals surface area (Å²) in [6.07, 6.45) is 7.62. The van der Waals surface area contributed by atoms with Crippen LogP contribution in [0, 0.1) is 5.82 Å². The predicted octanol–water partition coefficient (Wildman–Crippen LogP) is 4.60. The molecule has 0 aliphatic rings. The number of hydrogen-bond acceptors (Lipinski definition) is 3. The minimum absolute atomic E-state index is 0.319. The number of aliphatic hydroxyl groups is 1. The number of halogens is 1. The lowest BCUT2D eigenvalue weighted by Crippen LogP contribution is -2.40. The van der Waals surface area contributed by atoms with Crippen molar-refractivity contribution >= 4 is 0 Å². The van der Waals surface area contributed by atoms with Gasteiger partial charge >= 0.3 is 0 Å². The van der Waals surface area contributed by atoms with Crippen molar-refractivity contribution in [3.05, 3.63) is 35.6 Å². The number of hydrogen-bond donors (Lipinski definition) is 1. The summed E-state index contributed by atoms with van der Waals surface area (Å²) in [5.74, 6) is -2.46. The Morgan fingerprint density at radius 2 is 1.73 bits per heavy atom. The van der Waals surface area contributed by atoms with Crippen LogP contribution in [-0.2, 0) is 9.47 Å². The summed E-state index contributed by atoms with van der Waals surface area (Å²) >= 11 is 0. The average Bonchev–Trinajstić information content (AvgIpc) is 2.53. The molecule has 0 saturated heterocycles. The van der Waals surface area contributed by atoms with Crippen LogP contribution in [0.15, 0.2) is 24.3 Å². The zero-order valence-electron chi connectivity index (χ0n) is 14.0. The van der Waals surface area contributed by atoms with E-state index >= 15 is 0 Å². The molecule has 126 valence electrons. The van der Waals surface area contributed by atoms with E-state index in [2.05, 4.69) is 6.92 Å². The van der Waals surface area contributed by atoms with Crippen LogP contribution in [0.2, 0.25) is 0 Å². The van der Waals surface area contributed by atoms with Gasteiger partial charge in [-0.05, 0) is 24.1 Å². The Balaban J connectivity index is 2.71. The smallest absolute Gasteiger partial charge is 0.287 e. The predicted molar refractivity (Wildman–Crippen MR) is 86.1 cm³/mol. The lowest BCUT2D eigenvalue weighted by atomic mass is 9.90. The molecule has 22 heavy (non-hydrogen) atoms. The van der Waals surface area contributed by atoms with Gasteiger partial charge in [-0.25, -0.2) is 4.39 Å². The molecule has 0 aromatic heterocycles. The maximum absolute atomic E-state index is 13.5. The van der Waals surface area contributed by atoms with Gasteiger partial charge in [-0.2, -0.15) is 0 Å². The SMILES string of the molecule is CCCCCCCCC(c1cccc(F)c1)C(O)(OC)OC. The van der Waals surface area contributed by atoms with Crippen molar-refractivity contribution in [2.75, 3.05) is 14.2 Å². The highest BCUT2D eigenvalue weighted by Crippen LogP contribution is 2.35. The largest absolute Gasteiger partial charge is 0.343 e. The van der Waals surface area contributed by atoms with Crippen LogP contribution < -0.4 is 0 Å². The molecule has 1 unspecified atom stereocenters.